The molecule has 0 N–H and O–H groups in total. The van der Waals surface area contributed by atoms with Gasteiger partial charge in [0.15, 0.2) is 17.3 Å². The summed E-state index contributed by atoms with van der Waals surface area (Å²) in [4.78, 5) is 8.60. The maximum absolute atomic E-state index is 14.2. The van der Waals surface area contributed by atoms with Crippen molar-refractivity contribution in [3.8, 4) is 5.69 Å². The number of pyridine rings is 1. The summed E-state index contributed by atoms with van der Waals surface area (Å²) < 4.78 is 30.1. The molecule has 0 saturated heterocycles. The first kappa shape index (κ1) is 14.4. The zero-order valence-electron chi connectivity index (χ0n) is 10.9. The van der Waals surface area contributed by atoms with Crippen LogP contribution in [0.2, 0.25) is 0 Å². The van der Waals surface area contributed by atoms with Gasteiger partial charge in [0.1, 0.15) is 17.0 Å². The third-order valence-electron chi connectivity index (χ3n) is 3.04. The Hall–Kier alpha value is -1.53. The smallest absolute Gasteiger partial charge is 0.165 e. The van der Waals surface area contributed by atoms with Gasteiger partial charge in [-0.15, -0.1) is 11.6 Å². The van der Waals surface area contributed by atoms with Crippen LogP contribution >= 0.6 is 27.5 Å². The third kappa shape index (κ3) is 2.42. The van der Waals surface area contributed by atoms with E-state index >= 15 is 0 Å². The van der Waals surface area contributed by atoms with Gasteiger partial charge in [0.2, 0.25) is 0 Å². The summed E-state index contributed by atoms with van der Waals surface area (Å²) in [6, 6.07) is 5.92. The summed E-state index contributed by atoms with van der Waals surface area (Å²) in [6.07, 6.45) is 0. The molecule has 0 radical (unpaired) electrons. The lowest BCUT2D eigenvalue weighted by atomic mass is 10.2. The van der Waals surface area contributed by atoms with Crippen LogP contribution in [-0.2, 0) is 5.88 Å². The van der Waals surface area contributed by atoms with Gasteiger partial charge >= 0.3 is 0 Å². The lowest BCUT2D eigenvalue weighted by molar-refractivity contribution is 0.567. The number of halogens is 4. The molecule has 21 heavy (non-hydrogen) atoms. The van der Waals surface area contributed by atoms with Crippen molar-refractivity contribution in [2.45, 2.75) is 12.8 Å². The number of hydrogen-bond acceptors (Lipinski definition) is 2. The topological polar surface area (TPSA) is 30.7 Å². The highest BCUT2D eigenvalue weighted by Gasteiger charge is 2.20. The van der Waals surface area contributed by atoms with Crippen molar-refractivity contribution in [3.63, 3.8) is 0 Å². The number of aryl methyl sites for hydroxylation is 1. The summed E-state index contributed by atoms with van der Waals surface area (Å²) in [5.41, 5.74) is 1.42. The predicted octanol–water partition coefficient (Wildman–Crippen LogP) is 4.51. The third-order valence-corrected chi connectivity index (χ3v) is 3.73. The molecule has 0 amide bonds. The number of benzene rings is 1. The van der Waals surface area contributed by atoms with Crippen molar-refractivity contribution in [2.75, 3.05) is 0 Å². The molecule has 108 valence electrons. The van der Waals surface area contributed by atoms with Crippen LogP contribution in [-0.4, -0.2) is 14.5 Å². The van der Waals surface area contributed by atoms with E-state index in [1.165, 1.54) is 16.7 Å². The number of imidazole rings is 1. The molecule has 0 unspecified atom stereocenters. The Bertz CT molecular complexity index is 825. The molecule has 0 aliphatic carbocycles. The molecule has 3 rings (SSSR count). The Kier molecular flexibility index (Phi) is 3.67. The van der Waals surface area contributed by atoms with Gasteiger partial charge in [0.05, 0.1) is 5.88 Å². The highest BCUT2D eigenvalue weighted by Crippen LogP contribution is 2.28. The molecule has 0 bridgehead atoms. The fourth-order valence-electron chi connectivity index (χ4n) is 2.17. The minimum atomic E-state index is -0.712. The van der Waals surface area contributed by atoms with Crippen molar-refractivity contribution in [2.24, 2.45) is 0 Å². The Balaban J connectivity index is 2.41. The van der Waals surface area contributed by atoms with E-state index in [0.29, 0.717) is 21.5 Å². The van der Waals surface area contributed by atoms with E-state index < -0.39 is 11.6 Å². The normalized spacial score (nSPS) is 11.3. The first-order valence-electron chi connectivity index (χ1n) is 6.07. The van der Waals surface area contributed by atoms with Crippen LogP contribution < -0.4 is 0 Å². The summed E-state index contributed by atoms with van der Waals surface area (Å²) in [7, 11) is 0. The molecule has 0 spiro atoms. The predicted molar refractivity (Wildman–Crippen MR) is 80.8 cm³/mol. The van der Waals surface area contributed by atoms with Gasteiger partial charge in [-0.05, 0) is 31.2 Å². The molecular formula is C14H9BrClF2N3. The minimum Gasteiger partial charge on any atom is -0.274 e. The second kappa shape index (κ2) is 5.35. The highest BCUT2D eigenvalue weighted by atomic mass is 79.9. The van der Waals surface area contributed by atoms with Crippen molar-refractivity contribution in [1.82, 2.24) is 14.5 Å². The first-order valence-corrected chi connectivity index (χ1v) is 7.40. The zero-order valence-corrected chi connectivity index (χ0v) is 13.2. The Labute approximate surface area is 132 Å². The molecule has 3 nitrogen and oxygen atoms in total. The number of fused-ring (bicyclic) bond motifs is 1. The second-order valence-corrected chi connectivity index (χ2v) is 5.69. The molecule has 2 aromatic heterocycles. The van der Waals surface area contributed by atoms with Crippen molar-refractivity contribution >= 4 is 38.7 Å². The SMILES string of the molecule is Cc1ccc2nc(CCl)n(-c3c(F)cc(Br)cc3F)c2n1. The Morgan fingerprint density at radius 3 is 2.48 bits per heavy atom. The van der Waals surface area contributed by atoms with Crippen molar-refractivity contribution in [1.29, 1.82) is 0 Å². The number of alkyl halides is 1. The molecule has 0 atom stereocenters. The monoisotopic (exact) mass is 371 g/mol. The van der Waals surface area contributed by atoms with E-state index in [1.807, 2.05) is 0 Å². The zero-order chi connectivity index (χ0) is 15.1. The summed E-state index contributed by atoms with van der Waals surface area (Å²) in [6.45, 7) is 1.80. The van der Waals surface area contributed by atoms with Gasteiger partial charge in [-0.2, -0.15) is 0 Å². The van der Waals surface area contributed by atoms with Gasteiger partial charge < -0.3 is 0 Å². The van der Waals surface area contributed by atoms with E-state index in [-0.39, 0.29) is 11.6 Å². The Morgan fingerprint density at radius 1 is 1.19 bits per heavy atom. The van der Waals surface area contributed by atoms with E-state index in [2.05, 4.69) is 25.9 Å². The maximum atomic E-state index is 14.2. The fraction of sp³-hybridized carbons (Fsp3) is 0.143. The molecule has 1 aromatic carbocycles. The van der Waals surface area contributed by atoms with E-state index in [9.17, 15) is 8.78 Å². The van der Waals surface area contributed by atoms with Gasteiger partial charge in [-0.3, -0.25) is 4.57 Å². The molecule has 7 heteroatoms. The maximum Gasteiger partial charge on any atom is 0.165 e. The van der Waals surface area contributed by atoms with Crippen LogP contribution in [0.25, 0.3) is 16.9 Å². The highest BCUT2D eigenvalue weighted by molar-refractivity contribution is 9.10. The van der Waals surface area contributed by atoms with Crippen LogP contribution in [0.3, 0.4) is 0 Å². The lowest BCUT2D eigenvalue weighted by Crippen LogP contribution is -2.06. The number of aromatic nitrogens is 3. The van der Waals surface area contributed by atoms with Gasteiger partial charge in [0, 0.05) is 10.2 Å². The molecule has 0 fully saturated rings. The minimum absolute atomic E-state index is 0.0182. The average Bonchev–Trinajstić information content (AvgIpc) is 2.76. The molecule has 0 saturated carbocycles. The van der Waals surface area contributed by atoms with Crippen LogP contribution in [0.5, 0.6) is 0 Å². The van der Waals surface area contributed by atoms with Gasteiger partial charge in [-0.1, -0.05) is 15.9 Å². The van der Waals surface area contributed by atoms with E-state index in [1.54, 1.807) is 19.1 Å². The van der Waals surface area contributed by atoms with Crippen LogP contribution in [0.15, 0.2) is 28.7 Å². The summed E-state index contributed by atoms with van der Waals surface area (Å²) >= 11 is 8.92. The lowest BCUT2D eigenvalue weighted by Gasteiger charge is -2.10. The quantitative estimate of drug-likeness (QED) is 0.620. The molecule has 0 aliphatic heterocycles. The first-order chi connectivity index (χ1) is 10.0. The molecular weight excluding hydrogens is 364 g/mol. The van der Waals surface area contributed by atoms with E-state index in [0.717, 1.165) is 5.69 Å². The number of nitrogens with zero attached hydrogens (tertiary/aromatic N) is 3. The summed E-state index contributed by atoms with van der Waals surface area (Å²) in [5, 5.41) is 0. The fourth-order valence-corrected chi connectivity index (χ4v) is 2.75. The molecule has 3 aromatic rings. The second-order valence-electron chi connectivity index (χ2n) is 4.51. The van der Waals surface area contributed by atoms with Crippen LogP contribution in [0, 0.1) is 18.6 Å². The van der Waals surface area contributed by atoms with Crippen molar-refractivity contribution < 1.29 is 8.78 Å². The average molecular weight is 373 g/mol. The molecule has 2 heterocycles. The Morgan fingerprint density at radius 2 is 1.86 bits per heavy atom. The largest absolute Gasteiger partial charge is 0.274 e. The van der Waals surface area contributed by atoms with Gasteiger partial charge in [-0.25, -0.2) is 18.7 Å². The van der Waals surface area contributed by atoms with Crippen LogP contribution in [0.4, 0.5) is 8.78 Å². The van der Waals surface area contributed by atoms with Gasteiger partial charge in [0.25, 0.3) is 0 Å². The van der Waals surface area contributed by atoms with Crippen LogP contribution in [0.1, 0.15) is 11.5 Å². The number of rotatable bonds is 2. The molecule has 0 aliphatic rings. The summed E-state index contributed by atoms with van der Waals surface area (Å²) in [5.74, 6) is -1.07. The van der Waals surface area contributed by atoms with Crippen molar-refractivity contribution in [3.05, 3.63) is 51.9 Å². The standard InChI is InChI=1S/C14H9BrClF2N3/c1-7-2-3-11-14(19-7)21(12(6-16)20-11)13-9(17)4-8(15)5-10(13)18/h2-5H,6H2,1H3. The van der Waals surface area contributed by atoms with E-state index in [4.69, 9.17) is 11.6 Å². The number of hydrogen-bond donors (Lipinski definition) is 0.